The van der Waals surface area contributed by atoms with E-state index >= 15 is 0 Å². The molecule has 0 aliphatic rings. The maximum Gasteiger partial charge on any atom is 0.261 e. The van der Waals surface area contributed by atoms with Crippen LogP contribution in [0.15, 0.2) is 34.9 Å². The Balaban J connectivity index is 2.16. The van der Waals surface area contributed by atoms with Crippen molar-refractivity contribution in [2.24, 2.45) is 0 Å². The molecule has 0 spiro atoms. The highest BCUT2D eigenvalue weighted by atomic mass is 79.9. The number of carbonyl (C=O) groups excluding carboxylic acids is 1. The Morgan fingerprint density at radius 2 is 2.04 bits per heavy atom. The third kappa shape index (κ3) is 4.27. The summed E-state index contributed by atoms with van der Waals surface area (Å²) in [5.41, 5.74) is 2.19. The van der Waals surface area contributed by atoms with E-state index in [1.165, 1.54) is 7.11 Å². The van der Waals surface area contributed by atoms with Gasteiger partial charge in [-0.15, -0.1) is 0 Å². The minimum atomic E-state index is -0.350. The van der Waals surface area contributed by atoms with E-state index in [0.717, 1.165) is 15.6 Å². The number of hydrogen-bond donors (Lipinski definition) is 2. The van der Waals surface area contributed by atoms with Gasteiger partial charge in [0.25, 0.3) is 5.91 Å². The Morgan fingerprint density at radius 1 is 1.30 bits per heavy atom. The lowest BCUT2D eigenvalue weighted by atomic mass is 10.1. The summed E-state index contributed by atoms with van der Waals surface area (Å²) in [5, 5.41) is 5.73. The second kappa shape index (κ2) is 7.52. The third-order valence-electron chi connectivity index (χ3n) is 3.16. The normalized spacial score (nSPS) is 10.1. The van der Waals surface area contributed by atoms with Crippen molar-refractivity contribution in [2.75, 3.05) is 12.4 Å². The van der Waals surface area contributed by atoms with E-state index in [9.17, 15) is 4.79 Å². The van der Waals surface area contributed by atoms with Crippen LogP contribution < -0.4 is 15.4 Å². The van der Waals surface area contributed by atoms with Gasteiger partial charge in [-0.2, -0.15) is 0 Å². The van der Waals surface area contributed by atoms with Gasteiger partial charge >= 0.3 is 0 Å². The van der Waals surface area contributed by atoms with E-state index in [1.54, 1.807) is 12.3 Å². The molecule has 7 heteroatoms. The molecule has 1 amide bonds. The molecule has 1 aromatic carbocycles. The van der Waals surface area contributed by atoms with E-state index in [0.29, 0.717) is 17.1 Å². The minimum Gasteiger partial charge on any atom is -0.496 e. The molecule has 0 unspecified atom stereocenters. The predicted octanol–water partition coefficient (Wildman–Crippen LogP) is 3.60. The Labute approximate surface area is 148 Å². The number of nitrogens with one attached hydrogen (secondary N) is 2. The van der Waals surface area contributed by atoms with Crippen molar-refractivity contribution in [2.45, 2.75) is 13.8 Å². The van der Waals surface area contributed by atoms with Gasteiger partial charge in [-0.25, -0.2) is 4.98 Å². The summed E-state index contributed by atoms with van der Waals surface area (Å²) < 4.78 is 6.11. The second-order valence-electron chi connectivity index (χ2n) is 4.88. The second-order valence-corrected chi connectivity index (χ2v) is 6.20. The molecule has 1 aromatic heterocycles. The predicted molar refractivity (Wildman–Crippen MR) is 98.1 cm³/mol. The molecule has 1 heterocycles. The third-order valence-corrected chi connectivity index (χ3v) is 3.82. The highest BCUT2D eigenvalue weighted by Crippen LogP contribution is 2.27. The van der Waals surface area contributed by atoms with E-state index in [4.69, 9.17) is 17.0 Å². The molecule has 5 nitrogen and oxygen atoms in total. The van der Waals surface area contributed by atoms with E-state index in [-0.39, 0.29) is 11.0 Å². The summed E-state index contributed by atoms with van der Waals surface area (Å²) >= 11 is 8.56. The molecule has 23 heavy (non-hydrogen) atoms. The van der Waals surface area contributed by atoms with E-state index in [1.807, 2.05) is 32.0 Å². The Hall–Kier alpha value is -1.99. The first-order valence-corrected chi connectivity index (χ1v) is 8.00. The van der Waals surface area contributed by atoms with Crippen LogP contribution in [0.5, 0.6) is 5.75 Å². The molecule has 0 aliphatic heterocycles. The van der Waals surface area contributed by atoms with Crippen molar-refractivity contribution in [3.63, 3.8) is 0 Å². The molecular weight excluding hydrogens is 378 g/mol. The number of pyridine rings is 1. The van der Waals surface area contributed by atoms with Crippen LogP contribution in [0, 0.1) is 13.8 Å². The summed E-state index contributed by atoms with van der Waals surface area (Å²) in [6.07, 6.45) is 1.65. The largest absolute Gasteiger partial charge is 0.496 e. The number of rotatable bonds is 3. The lowest BCUT2D eigenvalue weighted by molar-refractivity contribution is 0.0974. The summed E-state index contributed by atoms with van der Waals surface area (Å²) in [6.45, 7) is 3.77. The van der Waals surface area contributed by atoms with Gasteiger partial charge in [0.05, 0.1) is 12.7 Å². The SMILES string of the molecule is COc1c(C)cc(Br)cc1C(=O)NC(=S)Nc1ncccc1C. The zero-order valence-corrected chi connectivity index (χ0v) is 15.3. The number of benzene rings is 1. The number of thiocarbonyl (C=S) groups is 1. The molecule has 0 saturated carbocycles. The number of nitrogens with zero attached hydrogens (tertiary/aromatic N) is 1. The van der Waals surface area contributed by atoms with Crippen molar-refractivity contribution in [3.8, 4) is 5.75 Å². The average Bonchev–Trinajstić information content (AvgIpc) is 2.48. The van der Waals surface area contributed by atoms with Crippen LogP contribution >= 0.6 is 28.1 Å². The fourth-order valence-corrected chi connectivity index (χ4v) is 2.86. The van der Waals surface area contributed by atoms with Gasteiger partial charge in [-0.3, -0.25) is 10.1 Å². The molecule has 2 N–H and O–H groups in total. The fourth-order valence-electron chi connectivity index (χ4n) is 2.10. The topological polar surface area (TPSA) is 63.2 Å². The Morgan fingerprint density at radius 3 is 2.70 bits per heavy atom. The zero-order chi connectivity index (χ0) is 17.0. The number of aromatic nitrogens is 1. The van der Waals surface area contributed by atoms with Crippen LogP contribution in [-0.2, 0) is 0 Å². The van der Waals surface area contributed by atoms with Crippen molar-refractivity contribution < 1.29 is 9.53 Å². The standard InChI is InChI=1S/C16H16BrN3O2S/c1-9-5-4-6-18-14(9)19-16(23)20-15(21)12-8-11(17)7-10(2)13(12)22-3/h4-8H,1-3H3,(H2,18,19,20,21,23). The van der Waals surface area contributed by atoms with Crippen LogP contribution in [-0.4, -0.2) is 23.1 Å². The van der Waals surface area contributed by atoms with Gasteiger partial charge in [0.1, 0.15) is 11.6 Å². The van der Waals surface area contributed by atoms with Crippen LogP contribution in [0.3, 0.4) is 0 Å². The summed E-state index contributed by atoms with van der Waals surface area (Å²) in [7, 11) is 1.53. The highest BCUT2D eigenvalue weighted by molar-refractivity contribution is 9.10. The van der Waals surface area contributed by atoms with Crippen LogP contribution in [0.2, 0.25) is 0 Å². The van der Waals surface area contributed by atoms with Crippen molar-refractivity contribution in [1.29, 1.82) is 0 Å². The molecule has 0 fully saturated rings. The average molecular weight is 394 g/mol. The molecule has 0 aliphatic carbocycles. The number of anilines is 1. The Kier molecular flexibility index (Phi) is 5.68. The first-order chi connectivity index (χ1) is 10.9. The molecule has 2 aromatic rings. The van der Waals surface area contributed by atoms with Gasteiger partial charge in [-0.1, -0.05) is 22.0 Å². The van der Waals surface area contributed by atoms with E-state index in [2.05, 4.69) is 31.5 Å². The smallest absolute Gasteiger partial charge is 0.261 e. The number of hydrogen-bond acceptors (Lipinski definition) is 4. The van der Waals surface area contributed by atoms with Gasteiger partial charge in [0, 0.05) is 10.7 Å². The maximum absolute atomic E-state index is 12.5. The maximum atomic E-state index is 12.5. The van der Waals surface area contributed by atoms with Crippen molar-refractivity contribution in [1.82, 2.24) is 10.3 Å². The summed E-state index contributed by atoms with van der Waals surface area (Å²) in [4.78, 5) is 16.6. The van der Waals surface area contributed by atoms with Crippen molar-refractivity contribution in [3.05, 3.63) is 51.6 Å². The Bertz CT molecular complexity index is 765. The summed E-state index contributed by atoms with van der Waals surface area (Å²) in [5.74, 6) is 0.773. The number of amides is 1. The summed E-state index contributed by atoms with van der Waals surface area (Å²) in [6, 6.07) is 7.30. The van der Waals surface area contributed by atoms with Crippen LogP contribution in [0.1, 0.15) is 21.5 Å². The van der Waals surface area contributed by atoms with Crippen molar-refractivity contribution >= 4 is 45.0 Å². The van der Waals surface area contributed by atoms with Gasteiger partial charge < -0.3 is 10.1 Å². The van der Waals surface area contributed by atoms with Gasteiger partial charge in [0.15, 0.2) is 5.11 Å². The number of methoxy groups -OCH3 is 1. The number of halogens is 1. The zero-order valence-electron chi connectivity index (χ0n) is 12.9. The lowest BCUT2D eigenvalue weighted by Gasteiger charge is -2.14. The molecule has 0 saturated heterocycles. The molecular formula is C16H16BrN3O2S. The number of aryl methyl sites for hydroxylation is 2. The molecule has 0 bridgehead atoms. The highest BCUT2D eigenvalue weighted by Gasteiger charge is 2.17. The number of ether oxygens (including phenoxy) is 1. The first-order valence-electron chi connectivity index (χ1n) is 6.80. The fraction of sp³-hybridized carbons (Fsp3) is 0.188. The molecule has 0 atom stereocenters. The van der Waals surface area contributed by atoms with Crippen LogP contribution in [0.4, 0.5) is 5.82 Å². The molecule has 2 rings (SSSR count). The van der Waals surface area contributed by atoms with E-state index < -0.39 is 0 Å². The number of carbonyl (C=O) groups is 1. The van der Waals surface area contributed by atoms with Crippen LogP contribution in [0.25, 0.3) is 0 Å². The molecule has 120 valence electrons. The first kappa shape index (κ1) is 17.4. The quantitative estimate of drug-likeness (QED) is 0.779. The van der Waals surface area contributed by atoms with Gasteiger partial charge in [0.2, 0.25) is 0 Å². The van der Waals surface area contributed by atoms with Gasteiger partial charge in [-0.05, 0) is 55.4 Å². The lowest BCUT2D eigenvalue weighted by Crippen LogP contribution is -2.34. The molecule has 0 radical (unpaired) electrons. The monoisotopic (exact) mass is 393 g/mol. The minimum absolute atomic E-state index is 0.177.